The Balaban J connectivity index is 2.28. The van der Waals surface area contributed by atoms with Gasteiger partial charge in [-0.25, -0.2) is 9.48 Å². The van der Waals surface area contributed by atoms with Crippen LogP contribution >= 0.6 is 15.9 Å². The second kappa shape index (κ2) is 5.92. The number of carbonyl (C=O) groups is 1. The summed E-state index contributed by atoms with van der Waals surface area (Å²) in [5, 5.41) is 7.86. The highest BCUT2D eigenvalue weighted by Crippen LogP contribution is 2.12. The molecule has 7 heteroatoms. The predicted molar refractivity (Wildman–Crippen MR) is 71.8 cm³/mol. The summed E-state index contributed by atoms with van der Waals surface area (Å²) in [4.78, 5) is 15.8. The predicted octanol–water partition coefficient (Wildman–Crippen LogP) is 1.83. The van der Waals surface area contributed by atoms with Crippen molar-refractivity contribution >= 4 is 21.9 Å². The lowest BCUT2D eigenvalue weighted by molar-refractivity contribution is 0.0592. The van der Waals surface area contributed by atoms with E-state index in [1.165, 1.54) is 7.11 Å². The fraction of sp³-hybridized carbons (Fsp3) is 0.333. The standard InChI is InChI=1S/C12H13BrN4O2/c1-3-10-11(12(18)19-2)15-16-17(10)7-9-5-4-8(13)6-14-9/h4-6H,3,7H2,1-2H3. The van der Waals surface area contributed by atoms with Gasteiger partial charge in [-0.05, 0) is 34.5 Å². The molecule has 0 amide bonds. The molecular formula is C12H13BrN4O2. The second-order valence-electron chi connectivity index (χ2n) is 3.86. The van der Waals surface area contributed by atoms with Crippen LogP contribution in [0.4, 0.5) is 0 Å². The molecule has 2 rings (SSSR count). The van der Waals surface area contributed by atoms with Crippen LogP contribution in [0.2, 0.25) is 0 Å². The van der Waals surface area contributed by atoms with Crippen LogP contribution in [0.25, 0.3) is 0 Å². The average Bonchev–Trinajstić information content (AvgIpc) is 2.83. The van der Waals surface area contributed by atoms with Crippen LogP contribution in [0.15, 0.2) is 22.8 Å². The SMILES string of the molecule is CCc1c(C(=O)OC)nnn1Cc1ccc(Br)cn1. The summed E-state index contributed by atoms with van der Waals surface area (Å²) in [5.41, 5.74) is 1.86. The van der Waals surface area contributed by atoms with E-state index in [0.717, 1.165) is 15.9 Å². The fourth-order valence-electron chi connectivity index (χ4n) is 1.72. The highest BCUT2D eigenvalue weighted by molar-refractivity contribution is 9.10. The number of rotatable bonds is 4. The van der Waals surface area contributed by atoms with Crippen molar-refractivity contribution in [1.82, 2.24) is 20.0 Å². The van der Waals surface area contributed by atoms with Crippen molar-refractivity contribution in [3.63, 3.8) is 0 Å². The first-order chi connectivity index (χ1) is 9.15. The van der Waals surface area contributed by atoms with Crippen molar-refractivity contribution in [2.45, 2.75) is 19.9 Å². The van der Waals surface area contributed by atoms with E-state index < -0.39 is 5.97 Å². The van der Waals surface area contributed by atoms with Crippen LogP contribution in [0.3, 0.4) is 0 Å². The lowest BCUT2D eigenvalue weighted by Gasteiger charge is -2.05. The monoisotopic (exact) mass is 324 g/mol. The van der Waals surface area contributed by atoms with Gasteiger partial charge < -0.3 is 4.74 Å². The van der Waals surface area contributed by atoms with E-state index in [2.05, 4.69) is 36.0 Å². The van der Waals surface area contributed by atoms with Crippen LogP contribution < -0.4 is 0 Å². The van der Waals surface area contributed by atoms with Gasteiger partial charge in [0.25, 0.3) is 0 Å². The number of hydrogen-bond acceptors (Lipinski definition) is 5. The molecule has 2 aromatic heterocycles. The normalized spacial score (nSPS) is 10.5. The third kappa shape index (κ3) is 2.98. The summed E-state index contributed by atoms with van der Waals surface area (Å²) >= 11 is 3.33. The highest BCUT2D eigenvalue weighted by atomic mass is 79.9. The minimum Gasteiger partial charge on any atom is -0.464 e. The zero-order valence-corrected chi connectivity index (χ0v) is 12.2. The number of ether oxygens (including phenoxy) is 1. The summed E-state index contributed by atoms with van der Waals surface area (Å²) in [6.07, 6.45) is 2.37. The molecule has 0 aliphatic rings. The lowest BCUT2D eigenvalue weighted by Crippen LogP contribution is -2.10. The summed E-state index contributed by atoms with van der Waals surface area (Å²) in [6, 6.07) is 3.80. The maximum atomic E-state index is 11.5. The molecule has 0 spiro atoms. The van der Waals surface area contributed by atoms with Crippen molar-refractivity contribution in [2.75, 3.05) is 7.11 Å². The number of aromatic nitrogens is 4. The minimum atomic E-state index is -0.466. The summed E-state index contributed by atoms with van der Waals surface area (Å²) < 4.78 is 7.27. The first kappa shape index (κ1) is 13.7. The van der Waals surface area contributed by atoms with E-state index >= 15 is 0 Å². The van der Waals surface area contributed by atoms with E-state index in [1.54, 1.807) is 10.9 Å². The fourth-order valence-corrected chi connectivity index (χ4v) is 1.95. The highest BCUT2D eigenvalue weighted by Gasteiger charge is 2.19. The maximum Gasteiger partial charge on any atom is 0.360 e. The molecule has 2 heterocycles. The Morgan fingerprint density at radius 1 is 1.47 bits per heavy atom. The number of carbonyl (C=O) groups excluding carboxylic acids is 1. The number of nitrogens with zero attached hydrogens (tertiary/aromatic N) is 4. The van der Waals surface area contributed by atoms with Crippen molar-refractivity contribution in [2.24, 2.45) is 0 Å². The second-order valence-corrected chi connectivity index (χ2v) is 4.77. The first-order valence-electron chi connectivity index (χ1n) is 5.76. The number of pyridine rings is 1. The van der Waals surface area contributed by atoms with Gasteiger partial charge in [-0.15, -0.1) is 5.10 Å². The van der Waals surface area contributed by atoms with Gasteiger partial charge in [-0.3, -0.25) is 4.98 Å². The molecule has 0 fully saturated rings. The zero-order valence-electron chi connectivity index (χ0n) is 10.6. The van der Waals surface area contributed by atoms with Gasteiger partial charge in [-0.1, -0.05) is 12.1 Å². The molecule has 0 aromatic carbocycles. The molecule has 0 bridgehead atoms. The van der Waals surface area contributed by atoms with Gasteiger partial charge >= 0.3 is 5.97 Å². The van der Waals surface area contributed by atoms with Gasteiger partial charge in [0.2, 0.25) is 0 Å². The van der Waals surface area contributed by atoms with Gasteiger partial charge in [0.1, 0.15) is 0 Å². The molecule has 6 nitrogen and oxygen atoms in total. The van der Waals surface area contributed by atoms with Gasteiger partial charge in [0.15, 0.2) is 5.69 Å². The Bertz CT molecular complexity index is 580. The molecule has 100 valence electrons. The van der Waals surface area contributed by atoms with Crippen LogP contribution in [0, 0.1) is 0 Å². The molecule has 19 heavy (non-hydrogen) atoms. The average molecular weight is 325 g/mol. The minimum absolute atomic E-state index is 0.266. The summed E-state index contributed by atoms with van der Waals surface area (Å²) in [5.74, 6) is -0.466. The third-order valence-corrected chi connectivity index (χ3v) is 3.12. The van der Waals surface area contributed by atoms with Crippen molar-refractivity contribution in [1.29, 1.82) is 0 Å². The van der Waals surface area contributed by atoms with E-state index in [9.17, 15) is 4.79 Å². The zero-order chi connectivity index (χ0) is 13.8. The Kier molecular flexibility index (Phi) is 4.26. The molecule has 0 N–H and O–H groups in total. The Morgan fingerprint density at radius 2 is 2.26 bits per heavy atom. The topological polar surface area (TPSA) is 69.9 Å². The summed E-state index contributed by atoms with van der Waals surface area (Å²) in [7, 11) is 1.33. The van der Waals surface area contributed by atoms with Crippen molar-refractivity contribution in [3.05, 3.63) is 39.9 Å². The summed E-state index contributed by atoms with van der Waals surface area (Å²) in [6.45, 7) is 2.41. The van der Waals surface area contributed by atoms with E-state index in [-0.39, 0.29) is 5.69 Å². The number of esters is 1. The number of hydrogen-bond donors (Lipinski definition) is 0. The third-order valence-electron chi connectivity index (χ3n) is 2.65. The smallest absolute Gasteiger partial charge is 0.360 e. The van der Waals surface area contributed by atoms with Gasteiger partial charge in [0.05, 0.1) is 25.0 Å². The van der Waals surface area contributed by atoms with Crippen LogP contribution in [-0.4, -0.2) is 33.1 Å². The largest absolute Gasteiger partial charge is 0.464 e. The Labute approximate surface area is 118 Å². The number of methoxy groups -OCH3 is 1. The van der Waals surface area contributed by atoms with Crippen LogP contribution in [0.1, 0.15) is 28.8 Å². The molecule has 0 atom stereocenters. The molecule has 0 unspecified atom stereocenters. The molecule has 0 aliphatic carbocycles. The molecule has 0 aliphatic heterocycles. The van der Waals surface area contributed by atoms with Gasteiger partial charge in [0, 0.05) is 10.7 Å². The first-order valence-corrected chi connectivity index (χ1v) is 6.56. The van der Waals surface area contributed by atoms with E-state index in [4.69, 9.17) is 0 Å². The van der Waals surface area contributed by atoms with Crippen molar-refractivity contribution in [3.8, 4) is 0 Å². The Morgan fingerprint density at radius 3 is 2.84 bits per heavy atom. The Hall–Kier alpha value is -1.76. The van der Waals surface area contributed by atoms with Crippen LogP contribution in [0.5, 0.6) is 0 Å². The van der Waals surface area contributed by atoms with E-state index in [1.807, 2.05) is 19.1 Å². The van der Waals surface area contributed by atoms with Gasteiger partial charge in [-0.2, -0.15) is 0 Å². The van der Waals surface area contributed by atoms with E-state index in [0.29, 0.717) is 13.0 Å². The quantitative estimate of drug-likeness (QED) is 0.802. The molecule has 0 saturated carbocycles. The molecular weight excluding hydrogens is 312 g/mol. The lowest BCUT2D eigenvalue weighted by atomic mass is 10.2. The molecule has 2 aromatic rings. The molecule has 0 saturated heterocycles. The van der Waals surface area contributed by atoms with Crippen LogP contribution in [-0.2, 0) is 17.7 Å². The van der Waals surface area contributed by atoms with Crippen molar-refractivity contribution < 1.29 is 9.53 Å². The molecule has 0 radical (unpaired) electrons. The maximum absolute atomic E-state index is 11.5. The number of halogens is 1.